The molecular formula is C22H16N4O5S. The number of benzene rings is 3. The molecule has 4 rings (SSSR count). The van der Waals surface area contributed by atoms with Gasteiger partial charge in [-0.3, -0.25) is 10.1 Å². The monoisotopic (exact) mass is 448 g/mol. The maximum absolute atomic E-state index is 13.3. The molecule has 0 atom stereocenters. The molecule has 1 heterocycles. The van der Waals surface area contributed by atoms with Crippen molar-refractivity contribution in [2.24, 2.45) is 0 Å². The van der Waals surface area contributed by atoms with Crippen LogP contribution in [-0.4, -0.2) is 24.4 Å². The first kappa shape index (κ1) is 20.9. The molecule has 9 nitrogen and oxygen atoms in total. The molecule has 0 saturated heterocycles. The van der Waals surface area contributed by atoms with Crippen molar-refractivity contribution >= 4 is 38.0 Å². The first-order chi connectivity index (χ1) is 15.3. The van der Waals surface area contributed by atoms with Gasteiger partial charge < -0.3 is 10.1 Å². The fourth-order valence-corrected chi connectivity index (χ4v) is 4.68. The lowest BCUT2D eigenvalue weighted by Gasteiger charge is -2.11. The van der Waals surface area contributed by atoms with Crippen LogP contribution in [0.15, 0.2) is 77.8 Å². The van der Waals surface area contributed by atoms with Gasteiger partial charge in [-0.1, -0.05) is 0 Å². The maximum Gasteiger partial charge on any atom is 0.294 e. The van der Waals surface area contributed by atoms with E-state index in [4.69, 9.17) is 10.00 Å². The SMILES string of the molecule is COc1ccc(S(=O)(=O)n2ccc3c(Nc4ccc(C#N)cc4)ccc([N+](=O)[O-])c32)cc1. The Balaban J connectivity index is 1.86. The van der Waals surface area contributed by atoms with Crippen molar-refractivity contribution in [2.75, 3.05) is 12.4 Å². The van der Waals surface area contributed by atoms with Crippen LogP contribution in [0.2, 0.25) is 0 Å². The predicted molar refractivity (Wildman–Crippen MR) is 119 cm³/mol. The van der Waals surface area contributed by atoms with Crippen molar-refractivity contribution in [1.29, 1.82) is 5.26 Å². The predicted octanol–water partition coefficient (Wildman–Crippen LogP) is 4.41. The lowest BCUT2D eigenvalue weighted by molar-refractivity contribution is -0.383. The fraction of sp³-hybridized carbons (Fsp3) is 0.0455. The third-order valence-electron chi connectivity index (χ3n) is 4.90. The molecule has 0 aliphatic carbocycles. The zero-order valence-corrected chi connectivity index (χ0v) is 17.5. The van der Waals surface area contributed by atoms with E-state index in [1.807, 2.05) is 6.07 Å². The van der Waals surface area contributed by atoms with Crippen molar-refractivity contribution < 1.29 is 18.1 Å². The Morgan fingerprint density at radius 3 is 2.31 bits per heavy atom. The van der Waals surface area contributed by atoms with E-state index >= 15 is 0 Å². The Kier molecular flexibility index (Phi) is 5.26. The van der Waals surface area contributed by atoms with Crippen molar-refractivity contribution in [1.82, 2.24) is 3.97 Å². The number of rotatable bonds is 6. The molecule has 0 bridgehead atoms. The van der Waals surface area contributed by atoms with E-state index in [1.165, 1.54) is 55.8 Å². The van der Waals surface area contributed by atoms with Gasteiger partial charge in [-0.05, 0) is 60.7 Å². The molecular weight excluding hydrogens is 432 g/mol. The average Bonchev–Trinajstić information content (AvgIpc) is 3.26. The topological polar surface area (TPSA) is 127 Å². The van der Waals surface area contributed by atoms with Crippen LogP contribution in [0, 0.1) is 21.4 Å². The summed E-state index contributed by atoms with van der Waals surface area (Å²) in [5, 5.41) is 24.1. The third kappa shape index (κ3) is 3.61. The summed E-state index contributed by atoms with van der Waals surface area (Å²) in [6.07, 6.45) is 1.29. The third-order valence-corrected chi connectivity index (χ3v) is 6.59. The number of nitrogens with one attached hydrogen (secondary N) is 1. The molecule has 4 aromatic rings. The van der Waals surface area contributed by atoms with E-state index in [2.05, 4.69) is 5.32 Å². The highest BCUT2D eigenvalue weighted by molar-refractivity contribution is 7.90. The number of fused-ring (bicyclic) bond motifs is 1. The summed E-state index contributed by atoms with van der Waals surface area (Å²) >= 11 is 0. The molecule has 32 heavy (non-hydrogen) atoms. The van der Waals surface area contributed by atoms with Gasteiger partial charge in [0.1, 0.15) is 11.3 Å². The van der Waals surface area contributed by atoms with Gasteiger partial charge in [-0.15, -0.1) is 0 Å². The second kappa shape index (κ2) is 8.05. The standard InChI is InChI=1S/C22H16N4O5S/c1-31-17-6-8-18(9-7-17)32(29,30)25-13-12-19-20(10-11-21(22(19)25)26(27)28)24-16-4-2-15(14-23)3-5-16/h2-13,24H,1H3. The summed E-state index contributed by atoms with van der Waals surface area (Å²) in [4.78, 5) is 11.0. The van der Waals surface area contributed by atoms with Crippen molar-refractivity contribution in [3.63, 3.8) is 0 Å². The van der Waals surface area contributed by atoms with Gasteiger partial charge in [0.15, 0.2) is 0 Å². The van der Waals surface area contributed by atoms with Gasteiger partial charge in [0.25, 0.3) is 15.7 Å². The molecule has 1 N–H and O–H groups in total. The number of methoxy groups -OCH3 is 1. The molecule has 160 valence electrons. The minimum Gasteiger partial charge on any atom is -0.497 e. The van der Waals surface area contributed by atoms with Gasteiger partial charge in [0.05, 0.1) is 28.6 Å². The number of hydrogen-bond acceptors (Lipinski definition) is 7. The Hall–Kier alpha value is -4.36. The molecule has 3 aromatic carbocycles. The maximum atomic E-state index is 13.3. The van der Waals surface area contributed by atoms with Crippen LogP contribution in [0.4, 0.5) is 17.1 Å². The summed E-state index contributed by atoms with van der Waals surface area (Å²) in [6.45, 7) is 0. The largest absolute Gasteiger partial charge is 0.497 e. The van der Waals surface area contributed by atoms with Crippen LogP contribution < -0.4 is 10.1 Å². The molecule has 0 saturated carbocycles. The summed E-state index contributed by atoms with van der Waals surface area (Å²) in [5.41, 5.74) is 1.22. The number of nitro groups is 1. The van der Waals surface area contributed by atoms with E-state index in [0.717, 1.165) is 3.97 Å². The smallest absolute Gasteiger partial charge is 0.294 e. The fourth-order valence-electron chi connectivity index (χ4n) is 3.32. The lowest BCUT2D eigenvalue weighted by atomic mass is 10.1. The molecule has 0 fully saturated rings. The van der Waals surface area contributed by atoms with Crippen LogP contribution in [-0.2, 0) is 10.0 Å². The minimum atomic E-state index is -4.11. The van der Waals surface area contributed by atoms with Crippen molar-refractivity contribution in [3.05, 3.63) is 88.6 Å². The van der Waals surface area contributed by atoms with Crippen LogP contribution in [0.25, 0.3) is 10.9 Å². The number of nitro benzene ring substituents is 1. The quantitative estimate of drug-likeness (QED) is 0.342. The van der Waals surface area contributed by atoms with Crippen molar-refractivity contribution in [3.8, 4) is 11.8 Å². The van der Waals surface area contributed by atoms with Gasteiger partial charge in [-0.2, -0.15) is 5.26 Å². The van der Waals surface area contributed by atoms with E-state index < -0.39 is 14.9 Å². The van der Waals surface area contributed by atoms with Crippen LogP contribution in [0.5, 0.6) is 5.75 Å². The number of aromatic nitrogens is 1. The second-order valence-corrected chi connectivity index (χ2v) is 8.57. The zero-order chi connectivity index (χ0) is 22.9. The Bertz CT molecular complexity index is 1470. The minimum absolute atomic E-state index is 0.0319. The van der Waals surface area contributed by atoms with Crippen LogP contribution >= 0.6 is 0 Å². The van der Waals surface area contributed by atoms with E-state index in [0.29, 0.717) is 28.1 Å². The number of non-ortho nitro benzene ring substituents is 1. The first-order valence-electron chi connectivity index (χ1n) is 9.30. The van der Waals surface area contributed by atoms with Gasteiger partial charge in [-0.25, -0.2) is 12.4 Å². The molecule has 10 heteroatoms. The van der Waals surface area contributed by atoms with Crippen LogP contribution in [0.1, 0.15) is 5.56 Å². The normalized spacial score (nSPS) is 11.1. The molecule has 0 aliphatic rings. The van der Waals surface area contributed by atoms with E-state index in [-0.39, 0.29) is 16.1 Å². The molecule has 0 unspecified atom stereocenters. The van der Waals surface area contributed by atoms with Crippen molar-refractivity contribution in [2.45, 2.75) is 4.90 Å². The second-order valence-electron chi connectivity index (χ2n) is 6.76. The number of nitrogens with zero attached hydrogens (tertiary/aromatic N) is 3. The molecule has 0 amide bonds. The number of hydrogen-bond donors (Lipinski definition) is 1. The first-order valence-corrected chi connectivity index (χ1v) is 10.7. The Morgan fingerprint density at radius 2 is 1.72 bits per heavy atom. The van der Waals surface area contributed by atoms with Crippen LogP contribution in [0.3, 0.4) is 0 Å². The van der Waals surface area contributed by atoms with Gasteiger partial charge in [0, 0.05) is 29.0 Å². The van der Waals surface area contributed by atoms with Gasteiger partial charge in [0.2, 0.25) is 0 Å². The summed E-state index contributed by atoms with van der Waals surface area (Å²) in [6, 6.07) is 18.7. The lowest BCUT2D eigenvalue weighted by Crippen LogP contribution is -2.12. The Labute approximate surface area is 183 Å². The van der Waals surface area contributed by atoms with E-state index in [1.54, 1.807) is 24.3 Å². The number of nitriles is 1. The Morgan fingerprint density at radius 1 is 1.03 bits per heavy atom. The molecule has 0 radical (unpaired) electrons. The zero-order valence-electron chi connectivity index (χ0n) is 16.7. The summed E-state index contributed by atoms with van der Waals surface area (Å²) < 4.78 is 32.5. The van der Waals surface area contributed by atoms with E-state index in [9.17, 15) is 18.5 Å². The molecule has 1 aromatic heterocycles. The number of ether oxygens (including phenoxy) is 1. The number of anilines is 2. The highest BCUT2D eigenvalue weighted by Crippen LogP contribution is 2.36. The summed E-state index contributed by atoms with van der Waals surface area (Å²) in [5.74, 6) is 0.487. The highest BCUT2D eigenvalue weighted by Gasteiger charge is 2.26. The molecule has 0 spiro atoms. The highest BCUT2D eigenvalue weighted by atomic mass is 32.2. The summed E-state index contributed by atoms with van der Waals surface area (Å²) in [7, 11) is -2.64. The van der Waals surface area contributed by atoms with Gasteiger partial charge >= 0.3 is 0 Å². The average molecular weight is 448 g/mol. The molecule has 0 aliphatic heterocycles.